The summed E-state index contributed by atoms with van der Waals surface area (Å²) in [6.07, 6.45) is 0.695. The van der Waals surface area contributed by atoms with E-state index < -0.39 is 0 Å². The number of halogens is 1. The van der Waals surface area contributed by atoms with E-state index in [0.29, 0.717) is 18.2 Å². The second-order valence-corrected chi connectivity index (χ2v) is 3.44. The third kappa shape index (κ3) is 1.61. The molecule has 0 aliphatic heterocycles. The van der Waals surface area contributed by atoms with Crippen molar-refractivity contribution in [3.8, 4) is 0 Å². The minimum Gasteiger partial charge on any atom is -0.396 e. The minimum atomic E-state index is 0.169. The normalized spacial score (nSPS) is 11.0. The summed E-state index contributed by atoms with van der Waals surface area (Å²) in [6, 6.07) is 7.79. The Bertz CT molecular complexity index is 439. The summed E-state index contributed by atoms with van der Waals surface area (Å²) in [7, 11) is 0. The lowest BCUT2D eigenvalue weighted by Gasteiger charge is -2.02. The van der Waals surface area contributed by atoms with Crippen LogP contribution >= 0.6 is 11.6 Å². The average molecular weight is 211 g/mol. The van der Waals surface area contributed by atoms with Crippen LogP contribution in [0.3, 0.4) is 0 Å². The van der Waals surface area contributed by atoms with E-state index in [2.05, 4.69) is 4.98 Å². The number of para-hydroxylation sites is 2. The summed E-state index contributed by atoms with van der Waals surface area (Å²) >= 11 is 5.97. The van der Waals surface area contributed by atoms with Crippen LogP contribution in [0.5, 0.6) is 0 Å². The number of hydrogen-bond acceptors (Lipinski definition) is 2. The zero-order valence-electron chi connectivity index (χ0n) is 7.65. The van der Waals surface area contributed by atoms with Gasteiger partial charge < -0.3 is 9.67 Å². The van der Waals surface area contributed by atoms with E-state index in [1.165, 1.54) is 0 Å². The van der Waals surface area contributed by atoms with Crippen LogP contribution in [0.15, 0.2) is 24.3 Å². The quantitative estimate of drug-likeness (QED) is 0.843. The van der Waals surface area contributed by atoms with Crippen LogP contribution in [0.2, 0.25) is 5.28 Å². The Morgan fingerprint density at radius 1 is 1.36 bits per heavy atom. The highest BCUT2D eigenvalue weighted by Crippen LogP contribution is 2.19. The van der Waals surface area contributed by atoms with E-state index in [0.717, 1.165) is 11.0 Å². The van der Waals surface area contributed by atoms with Gasteiger partial charge in [-0.05, 0) is 30.2 Å². The fourth-order valence-electron chi connectivity index (χ4n) is 1.49. The maximum atomic E-state index is 8.75. The highest BCUT2D eigenvalue weighted by molar-refractivity contribution is 6.29. The molecule has 74 valence electrons. The molecule has 1 N–H and O–H groups in total. The average Bonchev–Trinajstić information content (AvgIpc) is 2.51. The first-order valence-electron chi connectivity index (χ1n) is 4.54. The van der Waals surface area contributed by atoms with Gasteiger partial charge in [0.2, 0.25) is 5.28 Å². The molecule has 0 spiro atoms. The molecule has 0 saturated carbocycles. The van der Waals surface area contributed by atoms with Gasteiger partial charge in [0.15, 0.2) is 0 Å². The molecule has 2 rings (SSSR count). The van der Waals surface area contributed by atoms with Gasteiger partial charge in [0, 0.05) is 13.2 Å². The Labute approximate surface area is 86.9 Å². The van der Waals surface area contributed by atoms with E-state index in [-0.39, 0.29) is 6.61 Å². The standard InChI is InChI=1S/C10H11ClN2O/c11-10-12-8-4-1-2-5-9(8)13(10)6-3-7-14/h1-2,4-5,14H,3,6-7H2. The van der Waals surface area contributed by atoms with Crippen LogP contribution in [0.4, 0.5) is 0 Å². The molecule has 1 aromatic heterocycles. The van der Waals surface area contributed by atoms with E-state index in [1.54, 1.807) is 0 Å². The Morgan fingerprint density at radius 2 is 2.14 bits per heavy atom. The molecule has 4 heteroatoms. The fourth-order valence-corrected chi connectivity index (χ4v) is 1.75. The highest BCUT2D eigenvalue weighted by atomic mass is 35.5. The molecule has 0 atom stereocenters. The number of hydrogen-bond donors (Lipinski definition) is 1. The van der Waals surface area contributed by atoms with Crippen molar-refractivity contribution in [1.29, 1.82) is 0 Å². The van der Waals surface area contributed by atoms with Crippen molar-refractivity contribution in [1.82, 2.24) is 9.55 Å². The minimum absolute atomic E-state index is 0.169. The molecule has 1 aromatic carbocycles. The summed E-state index contributed by atoms with van der Waals surface area (Å²) < 4.78 is 1.91. The van der Waals surface area contributed by atoms with Gasteiger partial charge in [-0.25, -0.2) is 4.98 Å². The summed E-state index contributed by atoms with van der Waals surface area (Å²) in [5, 5.41) is 9.24. The van der Waals surface area contributed by atoms with Gasteiger partial charge >= 0.3 is 0 Å². The van der Waals surface area contributed by atoms with E-state index in [9.17, 15) is 0 Å². The van der Waals surface area contributed by atoms with E-state index in [1.807, 2.05) is 28.8 Å². The number of nitrogens with zero attached hydrogens (tertiary/aromatic N) is 2. The van der Waals surface area contributed by atoms with Crippen molar-refractivity contribution < 1.29 is 5.11 Å². The zero-order valence-corrected chi connectivity index (χ0v) is 8.41. The maximum Gasteiger partial charge on any atom is 0.203 e. The van der Waals surface area contributed by atoms with E-state index in [4.69, 9.17) is 16.7 Å². The zero-order chi connectivity index (χ0) is 9.97. The molecular weight excluding hydrogens is 200 g/mol. The maximum absolute atomic E-state index is 8.75. The molecule has 0 bridgehead atoms. The SMILES string of the molecule is OCCCn1c(Cl)nc2ccccc21. The number of rotatable bonds is 3. The van der Waals surface area contributed by atoms with Crippen LogP contribution < -0.4 is 0 Å². The molecule has 1 heterocycles. The Balaban J connectivity index is 2.45. The van der Waals surface area contributed by atoms with Gasteiger partial charge in [0.05, 0.1) is 11.0 Å². The number of aliphatic hydroxyl groups excluding tert-OH is 1. The molecule has 3 nitrogen and oxygen atoms in total. The van der Waals surface area contributed by atoms with E-state index >= 15 is 0 Å². The Hall–Kier alpha value is -1.06. The van der Waals surface area contributed by atoms with Crippen molar-refractivity contribution in [3.05, 3.63) is 29.5 Å². The molecule has 0 amide bonds. The highest BCUT2D eigenvalue weighted by Gasteiger charge is 2.06. The summed E-state index contributed by atoms with van der Waals surface area (Å²) in [5.74, 6) is 0. The Kier molecular flexibility index (Phi) is 2.70. The number of benzene rings is 1. The van der Waals surface area contributed by atoms with Crippen molar-refractivity contribution in [2.75, 3.05) is 6.61 Å². The second-order valence-electron chi connectivity index (χ2n) is 3.10. The molecule has 2 aromatic rings. The van der Waals surface area contributed by atoms with Crippen molar-refractivity contribution >= 4 is 22.6 Å². The van der Waals surface area contributed by atoms with Crippen LogP contribution in [0.1, 0.15) is 6.42 Å². The molecule has 0 radical (unpaired) electrons. The smallest absolute Gasteiger partial charge is 0.203 e. The van der Waals surface area contributed by atoms with Crippen LogP contribution in [0.25, 0.3) is 11.0 Å². The number of fused-ring (bicyclic) bond motifs is 1. The largest absolute Gasteiger partial charge is 0.396 e. The van der Waals surface area contributed by atoms with Crippen LogP contribution in [-0.4, -0.2) is 21.3 Å². The molecule has 0 unspecified atom stereocenters. The second kappa shape index (κ2) is 3.98. The predicted octanol–water partition coefficient (Wildman–Crippen LogP) is 2.07. The molecule has 0 aliphatic rings. The molecule has 0 fully saturated rings. The van der Waals surface area contributed by atoms with Crippen molar-refractivity contribution in [2.24, 2.45) is 0 Å². The lowest BCUT2D eigenvalue weighted by Crippen LogP contribution is -1.99. The van der Waals surface area contributed by atoms with Gasteiger partial charge in [-0.3, -0.25) is 0 Å². The number of aryl methyl sites for hydroxylation is 1. The number of aliphatic hydroxyl groups is 1. The fraction of sp³-hybridized carbons (Fsp3) is 0.300. The third-order valence-corrected chi connectivity index (χ3v) is 2.44. The number of imidazole rings is 1. The third-order valence-electron chi connectivity index (χ3n) is 2.15. The molecular formula is C10H11ClN2O. The predicted molar refractivity (Wildman–Crippen MR) is 56.4 cm³/mol. The molecule has 0 aliphatic carbocycles. The molecule has 14 heavy (non-hydrogen) atoms. The Morgan fingerprint density at radius 3 is 2.93 bits per heavy atom. The number of aromatic nitrogens is 2. The van der Waals surface area contributed by atoms with Gasteiger partial charge in [-0.1, -0.05) is 12.1 Å². The van der Waals surface area contributed by atoms with Crippen molar-refractivity contribution in [3.63, 3.8) is 0 Å². The first kappa shape index (κ1) is 9.49. The van der Waals surface area contributed by atoms with Crippen molar-refractivity contribution in [2.45, 2.75) is 13.0 Å². The van der Waals surface area contributed by atoms with Gasteiger partial charge in [0.25, 0.3) is 0 Å². The lowest BCUT2D eigenvalue weighted by molar-refractivity contribution is 0.280. The molecule has 0 saturated heterocycles. The monoisotopic (exact) mass is 210 g/mol. The van der Waals surface area contributed by atoms with Crippen LogP contribution in [-0.2, 0) is 6.54 Å². The van der Waals surface area contributed by atoms with Gasteiger partial charge in [-0.15, -0.1) is 0 Å². The summed E-state index contributed by atoms with van der Waals surface area (Å²) in [5.41, 5.74) is 1.92. The van der Waals surface area contributed by atoms with Gasteiger partial charge in [-0.2, -0.15) is 0 Å². The topological polar surface area (TPSA) is 38.0 Å². The summed E-state index contributed by atoms with van der Waals surface area (Å²) in [4.78, 5) is 4.21. The van der Waals surface area contributed by atoms with Crippen LogP contribution in [0, 0.1) is 0 Å². The first-order chi connectivity index (χ1) is 6.83. The van der Waals surface area contributed by atoms with Gasteiger partial charge in [0.1, 0.15) is 0 Å². The lowest BCUT2D eigenvalue weighted by atomic mass is 10.3. The summed E-state index contributed by atoms with van der Waals surface area (Å²) in [6.45, 7) is 0.874. The first-order valence-corrected chi connectivity index (χ1v) is 4.92.